The number of methoxy groups -OCH3 is 2. The largest absolute Gasteiger partial charge is 0.493 e. The van der Waals surface area contributed by atoms with Crippen LogP contribution in [0.25, 0.3) is 10.8 Å². The van der Waals surface area contributed by atoms with Crippen LogP contribution < -0.4 is 14.2 Å². The number of aliphatic imine (C=N–C) groups is 1. The molecule has 3 aromatic carbocycles. The molecule has 1 fully saturated rings. The molecule has 8 heteroatoms. The zero-order valence-electron chi connectivity index (χ0n) is 21.2. The summed E-state index contributed by atoms with van der Waals surface area (Å²) in [6.07, 6.45) is 1.31. The number of rotatable bonds is 6. The topological polar surface area (TPSA) is 79.6 Å². The van der Waals surface area contributed by atoms with Gasteiger partial charge in [-0.05, 0) is 34.5 Å². The monoisotopic (exact) mass is 500 g/mol. The molecule has 37 heavy (non-hydrogen) atoms. The summed E-state index contributed by atoms with van der Waals surface area (Å²) < 4.78 is 23.1. The first kappa shape index (κ1) is 23.8. The third kappa shape index (κ3) is 4.30. The second kappa shape index (κ2) is 10.0. The van der Waals surface area contributed by atoms with Crippen LogP contribution in [0.2, 0.25) is 0 Å². The fourth-order valence-electron chi connectivity index (χ4n) is 5.74. The smallest absolute Gasteiger partial charge is 0.202 e. The highest BCUT2D eigenvalue weighted by atomic mass is 16.5. The van der Waals surface area contributed by atoms with Crippen molar-refractivity contribution in [3.63, 3.8) is 0 Å². The minimum Gasteiger partial charge on any atom is -0.493 e. The van der Waals surface area contributed by atoms with Crippen molar-refractivity contribution in [2.24, 2.45) is 10.9 Å². The first-order chi connectivity index (χ1) is 18.2. The van der Waals surface area contributed by atoms with Gasteiger partial charge in [0, 0.05) is 37.7 Å². The second-order valence-electron chi connectivity index (χ2n) is 9.62. The minimum absolute atomic E-state index is 0.143. The van der Waals surface area contributed by atoms with Gasteiger partial charge >= 0.3 is 0 Å². The van der Waals surface area contributed by atoms with Crippen molar-refractivity contribution >= 4 is 22.9 Å². The summed E-state index contributed by atoms with van der Waals surface area (Å²) in [5, 5.41) is 11.6. The lowest BCUT2D eigenvalue weighted by Crippen LogP contribution is -2.52. The second-order valence-corrected chi connectivity index (χ2v) is 9.62. The van der Waals surface area contributed by atoms with Crippen LogP contribution in [0, 0.1) is 11.3 Å². The molecule has 0 bridgehead atoms. The van der Waals surface area contributed by atoms with E-state index >= 15 is 0 Å². The van der Waals surface area contributed by atoms with E-state index in [9.17, 15) is 5.41 Å². The Morgan fingerprint density at radius 1 is 0.973 bits per heavy atom. The van der Waals surface area contributed by atoms with Crippen LogP contribution in [0.4, 0.5) is 0 Å². The van der Waals surface area contributed by atoms with Gasteiger partial charge in [-0.2, -0.15) is 0 Å². The Bertz CT molecular complexity index is 1340. The van der Waals surface area contributed by atoms with E-state index in [0.29, 0.717) is 23.9 Å². The maximum Gasteiger partial charge on any atom is 0.202 e. The number of nitrogens with zero attached hydrogens (tertiary/aromatic N) is 3. The van der Waals surface area contributed by atoms with Crippen LogP contribution in [-0.2, 0) is 4.74 Å². The molecule has 3 atom stereocenters. The van der Waals surface area contributed by atoms with Crippen molar-refractivity contribution in [3.8, 4) is 17.2 Å². The van der Waals surface area contributed by atoms with Crippen molar-refractivity contribution in [1.82, 2.24) is 9.80 Å². The third-order valence-corrected chi connectivity index (χ3v) is 7.66. The first-order valence-electron chi connectivity index (χ1n) is 12.8. The Kier molecular flexibility index (Phi) is 6.44. The van der Waals surface area contributed by atoms with E-state index in [1.165, 1.54) is 0 Å². The van der Waals surface area contributed by atoms with Crippen molar-refractivity contribution < 1.29 is 18.9 Å². The quantitative estimate of drug-likeness (QED) is 0.552. The molecular weight excluding hydrogens is 468 g/mol. The van der Waals surface area contributed by atoms with Gasteiger partial charge in [-0.15, -0.1) is 0 Å². The molecule has 0 spiro atoms. The van der Waals surface area contributed by atoms with E-state index in [2.05, 4.69) is 35.2 Å². The maximum atomic E-state index is 9.35. The van der Waals surface area contributed by atoms with Gasteiger partial charge in [0.1, 0.15) is 11.6 Å². The van der Waals surface area contributed by atoms with Crippen LogP contribution in [0.1, 0.15) is 17.0 Å². The molecule has 3 aromatic rings. The molecule has 0 aromatic heterocycles. The summed E-state index contributed by atoms with van der Waals surface area (Å²) in [6.45, 7) is 4.91. The Balaban J connectivity index is 1.43. The molecule has 0 radical (unpaired) electrons. The predicted octanol–water partition coefficient (Wildman–Crippen LogP) is 3.98. The van der Waals surface area contributed by atoms with E-state index in [4.69, 9.17) is 23.9 Å². The Morgan fingerprint density at radius 3 is 2.59 bits per heavy atom. The fourth-order valence-corrected chi connectivity index (χ4v) is 5.74. The van der Waals surface area contributed by atoms with E-state index in [0.717, 1.165) is 60.5 Å². The summed E-state index contributed by atoms with van der Waals surface area (Å²) in [4.78, 5) is 9.17. The zero-order valence-corrected chi connectivity index (χ0v) is 21.2. The molecule has 1 saturated heterocycles. The number of hydrogen-bond acceptors (Lipinski definition) is 7. The number of nitrogens with one attached hydrogen (secondary N) is 1. The minimum atomic E-state index is -0.473. The first-order valence-corrected chi connectivity index (χ1v) is 12.8. The highest BCUT2D eigenvalue weighted by Crippen LogP contribution is 2.50. The molecule has 1 N–H and O–H groups in total. The third-order valence-electron chi connectivity index (χ3n) is 7.66. The number of morpholine rings is 1. The summed E-state index contributed by atoms with van der Waals surface area (Å²) in [7, 11) is 3.29. The normalized spacial score (nSPS) is 23.4. The van der Waals surface area contributed by atoms with Crippen LogP contribution in [-0.4, -0.2) is 81.8 Å². The van der Waals surface area contributed by atoms with Gasteiger partial charge in [-0.25, -0.2) is 4.99 Å². The molecule has 0 amide bonds. The zero-order chi connectivity index (χ0) is 25.4. The molecule has 3 heterocycles. The lowest BCUT2D eigenvalue weighted by atomic mass is 9.74. The number of fused-ring (bicyclic) bond motifs is 4. The number of benzene rings is 3. The fraction of sp³-hybridized carbons (Fsp3) is 0.379. The van der Waals surface area contributed by atoms with Gasteiger partial charge in [0.25, 0.3) is 0 Å². The van der Waals surface area contributed by atoms with Gasteiger partial charge in [-0.1, -0.05) is 36.4 Å². The molecule has 0 aliphatic carbocycles. The van der Waals surface area contributed by atoms with Gasteiger partial charge in [0.2, 0.25) is 6.23 Å². The Morgan fingerprint density at radius 2 is 1.78 bits per heavy atom. The number of amidine groups is 1. The molecule has 3 unspecified atom stereocenters. The standard InChI is InChI=1S/C29H32N4O4/c1-34-22-9-8-20(17-24(22)35-2)25-26-21-6-4-3-5-19(21)7-10-23(26)37-29-27(25)28(30)33(18-31-29)12-11-32-13-15-36-16-14-32/h3-10,17-18,25,27,29-30H,11-16H2,1-2H3. The summed E-state index contributed by atoms with van der Waals surface area (Å²) in [6, 6.07) is 18.5. The van der Waals surface area contributed by atoms with Crippen LogP contribution in [0.3, 0.4) is 0 Å². The van der Waals surface area contributed by atoms with E-state index in [1.807, 2.05) is 29.2 Å². The molecule has 3 aliphatic heterocycles. The van der Waals surface area contributed by atoms with Crippen molar-refractivity contribution in [3.05, 3.63) is 65.7 Å². The van der Waals surface area contributed by atoms with Gasteiger partial charge in [0.15, 0.2) is 11.5 Å². The molecule has 192 valence electrons. The maximum absolute atomic E-state index is 9.35. The van der Waals surface area contributed by atoms with Gasteiger partial charge < -0.3 is 23.8 Å². The molecule has 3 aliphatic rings. The van der Waals surface area contributed by atoms with Crippen LogP contribution in [0.5, 0.6) is 17.2 Å². The molecule has 0 saturated carbocycles. The lowest BCUT2D eigenvalue weighted by molar-refractivity contribution is 0.0368. The summed E-state index contributed by atoms with van der Waals surface area (Å²) >= 11 is 0. The average molecular weight is 501 g/mol. The molecular formula is C29H32N4O4. The van der Waals surface area contributed by atoms with E-state index < -0.39 is 6.23 Å². The van der Waals surface area contributed by atoms with Crippen molar-refractivity contribution in [1.29, 1.82) is 5.41 Å². The lowest BCUT2D eigenvalue weighted by Gasteiger charge is -2.43. The van der Waals surface area contributed by atoms with Gasteiger partial charge in [-0.3, -0.25) is 10.3 Å². The highest BCUT2D eigenvalue weighted by molar-refractivity contribution is 5.97. The van der Waals surface area contributed by atoms with Crippen LogP contribution in [0.15, 0.2) is 59.6 Å². The predicted molar refractivity (Wildman–Crippen MR) is 143 cm³/mol. The van der Waals surface area contributed by atoms with Gasteiger partial charge in [0.05, 0.1) is 39.7 Å². The number of hydrogen-bond donors (Lipinski definition) is 1. The molecule has 6 rings (SSSR count). The summed E-state index contributed by atoms with van der Waals surface area (Å²) in [5.41, 5.74) is 2.13. The SMILES string of the molecule is COc1ccc(C2c3c(ccc4ccccc34)OC3N=CN(CCN4CCOCC4)C(=N)C32)cc1OC. The van der Waals surface area contributed by atoms with Crippen LogP contribution >= 0.6 is 0 Å². The van der Waals surface area contributed by atoms with E-state index in [1.54, 1.807) is 20.6 Å². The van der Waals surface area contributed by atoms with E-state index in [-0.39, 0.29) is 11.8 Å². The highest BCUT2D eigenvalue weighted by Gasteiger charge is 2.46. The Labute approximate surface area is 216 Å². The average Bonchev–Trinajstić information content (AvgIpc) is 2.95. The van der Waals surface area contributed by atoms with Crippen molar-refractivity contribution in [2.75, 3.05) is 53.6 Å². The molecule has 8 nitrogen and oxygen atoms in total. The summed E-state index contributed by atoms with van der Waals surface area (Å²) in [5.74, 6) is 2.25. The number of ether oxygens (including phenoxy) is 4. The van der Waals surface area contributed by atoms with Crippen molar-refractivity contribution in [2.45, 2.75) is 12.1 Å². The Hall–Kier alpha value is -3.62.